The van der Waals surface area contributed by atoms with Crippen molar-refractivity contribution in [2.75, 3.05) is 11.9 Å². The van der Waals surface area contributed by atoms with Crippen LogP contribution < -0.4 is 4.90 Å². The molecule has 0 spiro atoms. The summed E-state index contributed by atoms with van der Waals surface area (Å²) in [6, 6.07) is 16.7. The summed E-state index contributed by atoms with van der Waals surface area (Å²) in [7, 11) is 1.74. The molecule has 0 amide bonds. The average molecular weight is 346 g/mol. The van der Waals surface area contributed by atoms with Gasteiger partial charge in [-0.1, -0.05) is 30.3 Å². The second-order valence-corrected chi connectivity index (χ2v) is 5.62. The SMILES string of the molecule is CN(c1ccccc1)c1ncnc(-n2cnc3ccccc32)c1[N+](=O)[O-]. The molecule has 0 aliphatic carbocycles. The molecule has 2 aromatic heterocycles. The zero-order valence-electron chi connectivity index (χ0n) is 13.9. The van der Waals surface area contributed by atoms with Crippen LogP contribution in [-0.4, -0.2) is 31.5 Å². The van der Waals surface area contributed by atoms with E-state index in [4.69, 9.17) is 0 Å². The van der Waals surface area contributed by atoms with Crippen LogP contribution in [0.1, 0.15) is 0 Å². The molecule has 2 aromatic carbocycles. The molecule has 4 rings (SSSR count). The molecule has 0 aliphatic heterocycles. The summed E-state index contributed by atoms with van der Waals surface area (Å²) >= 11 is 0. The van der Waals surface area contributed by atoms with Crippen molar-refractivity contribution in [1.82, 2.24) is 19.5 Å². The highest BCUT2D eigenvalue weighted by Crippen LogP contribution is 2.34. The van der Waals surface area contributed by atoms with E-state index in [-0.39, 0.29) is 17.3 Å². The van der Waals surface area contributed by atoms with E-state index < -0.39 is 4.92 Å². The smallest absolute Gasteiger partial charge is 0.324 e. The number of fused-ring (bicyclic) bond motifs is 1. The minimum atomic E-state index is -0.459. The van der Waals surface area contributed by atoms with Gasteiger partial charge >= 0.3 is 5.69 Å². The van der Waals surface area contributed by atoms with E-state index in [0.29, 0.717) is 0 Å². The Bertz CT molecular complexity index is 1090. The van der Waals surface area contributed by atoms with Crippen molar-refractivity contribution in [2.24, 2.45) is 0 Å². The standard InChI is InChI=1S/C18H14N6O2/c1-22(13-7-3-2-4-8-13)17-16(24(25)26)18(20-11-19-17)23-12-21-14-9-5-6-10-15(14)23/h2-12H,1H3. The lowest BCUT2D eigenvalue weighted by molar-refractivity contribution is -0.384. The van der Waals surface area contributed by atoms with Crippen LogP contribution in [-0.2, 0) is 0 Å². The lowest BCUT2D eigenvalue weighted by Crippen LogP contribution is -2.15. The second kappa shape index (κ2) is 6.25. The fraction of sp³-hybridized carbons (Fsp3) is 0.0556. The number of imidazole rings is 1. The first-order valence-electron chi connectivity index (χ1n) is 7.87. The van der Waals surface area contributed by atoms with E-state index in [1.54, 1.807) is 16.5 Å². The van der Waals surface area contributed by atoms with Crippen molar-refractivity contribution in [2.45, 2.75) is 0 Å². The van der Waals surface area contributed by atoms with Crippen LogP contribution in [0, 0.1) is 10.1 Å². The number of anilines is 2. The first-order chi connectivity index (χ1) is 12.7. The Balaban J connectivity index is 1.93. The van der Waals surface area contributed by atoms with Gasteiger partial charge in [0.1, 0.15) is 12.7 Å². The first-order valence-corrected chi connectivity index (χ1v) is 7.87. The van der Waals surface area contributed by atoms with Gasteiger partial charge in [-0.15, -0.1) is 0 Å². The van der Waals surface area contributed by atoms with Gasteiger partial charge in [0.15, 0.2) is 0 Å². The van der Waals surface area contributed by atoms with Crippen molar-refractivity contribution < 1.29 is 4.92 Å². The highest BCUT2D eigenvalue weighted by molar-refractivity contribution is 5.80. The van der Waals surface area contributed by atoms with Crippen molar-refractivity contribution in [3.05, 3.63) is 77.4 Å². The van der Waals surface area contributed by atoms with Gasteiger partial charge in [-0.2, -0.15) is 0 Å². The van der Waals surface area contributed by atoms with E-state index in [1.807, 2.05) is 54.6 Å². The van der Waals surface area contributed by atoms with Crippen molar-refractivity contribution in [1.29, 1.82) is 0 Å². The van der Waals surface area contributed by atoms with Crippen LogP contribution in [0.4, 0.5) is 17.2 Å². The third-order valence-corrected chi connectivity index (χ3v) is 4.11. The van der Waals surface area contributed by atoms with Gasteiger partial charge < -0.3 is 4.90 Å². The molecule has 4 aromatic rings. The van der Waals surface area contributed by atoms with E-state index in [1.165, 1.54) is 12.7 Å². The number of hydrogen-bond acceptors (Lipinski definition) is 6. The Morgan fingerprint density at radius 3 is 2.50 bits per heavy atom. The molecular formula is C18H14N6O2. The highest BCUT2D eigenvalue weighted by Gasteiger charge is 2.28. The Morgan fingerprint density at radius 1 is 1.00 bits per heavy atom. The summed E-state index contributed by atoms with van der Waals surface area (Å²) in [5.41, 5.74) is 2.08. The van der Waals surface area contributed by atoms with Gasteiger partial charge in [-0.3, -0.25) is 14.7 Å². The third-order valence-electron chi connectivity index (χ3n) is 4.11. The van der Waals surface area contributed by atoms with E-state index in [0.717, 1.165) is 16.7 Å². The molecule has 0 radical (unpaired) electrons. The Morgan fingerprint density at radius 2 is 1.73 bits per heavy atom. The van der Waals surface area contributed by atoms with E-state index in [9.17, 15) is 10.1 Å². The van der Waals surface area contributed by atoms with Crippen molar-refractivity contribution in [3.63, 3.8) is 0 Å². The summed E-state index contributed by atoms with van der Waals surface area (Å²) in [6.45, 7) is 0. The number of hydrogen-bond donors (Lipinski definition) is 0. The van der Waals surface area contributed by atoms with Crippen LogP contribution in [0.15, 0.2) is 67.3 Å². The van der Waals surface area contributed by atoms with Crippen LogP contribution in [0.25, 0.3) is 16.9 Å². The maximum absolute atomic E-state index is 11.9. The quantitative estimate of drug-likeness (QED) is 0.415. The second-order valence-electron chi connectivity index (χ2n) is 5.62. The van der Waals surface area contributed by atoms with E-state index in [2.05, 4.69) is 15.0 Å². The average Bonchev–Trinajstić information content (AvgIpc) is 3.11. The van der Waals surface area contributed by atoms with Gasteiger partial charge in [0.05, 0.1) is 16.0 Å². The monoisotopic (exact) mass is 346 g/mol. The molecule has 0 atom stereocenters. The molecule has 0 N–H and O–H groups in total. The third kappa shape index (κ3) is 2.53. The zero-order valence-corrected chi connectivity index (χ0v) is 13.9. The predicted molar refractivity (Wildman–Crippen MR) is 97.8 cm³/mol. The van der Waals surface area contributed by atoms with Gasteiger partial charge in [0.25, 0.3) is 0 Å². The molecule has 0 saturated heterocycles. The molecule has 8 nitrogen and oxygen atoms in total. The predicted octanol–water partition coefficient (Wildman–Crippen LogP) is 3.49. The lowest BCUT2D eigenvalue weighted by Gasteiger charge is -2.18. The molecule has 0 unspecified atom stereocenters. The largest absolute Gasteiger partial charge is 0.354 e. The van der Waals surface area contributed by atoms with Crippen molar-refractivity contribution >= 4 is 28.2 Å². The van der Waals surface area contributed by atoms with Crippen LogP contribution in [0.2, 0.25) is 0 Å². The number of nitro groups is 1. The topological polar surface area (TPSA) is 90.0 Å². The van der Waals surface area contributed by atoms with Crippen LogP contribution >= 0.6 is 0 Å². The van der Waals surface area contributed by atoms with E-state index >= 15 is 0 Å². The normalized spacial score (nSPS) is 10.8. The van der Waals surface area contributed by atoms with Crippen molar-refractivity contribution in [3.8, 4) is 5.82 Å². The molecule has 2 heterocycles. The summed E-state index contributed by atoms with van der Waals surface area (Å²) in [5, 5.41) is 11.9. The molecule has 0 bridgehead atoms. The molecule has 128 valence electrons. The lowest BCUT2D eigenvalue weighted by atomic mass is 10.3. The molecule has 8 heteroatoms. The Kier molecular flexibility index (Phi) is 3.77. The summed E-state index contributed by atoms with van der Waals surface area (Å²) in [5.74, 6) is 0.389. The fourth-order valence-corrected chi connectivity index (χ4v) is 2.85. The molecule has 0 aliphatic rings. The number of aromatic nitrogens is 4. The molecular weight excluding hydrogens is 332 g/mol. The summed E-state index contributed by atoms with van der Waals surface area (Å²) in [4.78, 5) is 25.7. The van der Waals surface area contributed by atoms with Gasteiger partial charge in [0.2, 0.25) is 11.6 Å². The number of benzene rings is 2. The maximum atomic E-state index is 11.9. The Labute approximate surface area is 148 Å². The minimum Gasteiger partial charge on any atom is -0.324 e. The maximum Gasteiger partial charge on any atom is 0.354 e. The number of nitrogens with zero attached hydrogens (tertiary/aromatic N) is 6. The minimum absolute atomic E-state index is 0.177. The summed E-state index contributed by atoms with van der Waals surface area (Å²) in [6.07, 6.45) is 2.86. The molecule has 0 saturated carbocycles. The fourth-order valence-electron chi connectivity index (χ4n) is 2.85. The van der Waals surface area contributed by atoms with Gasteiger partial charge in [-0.05, 0) is 24.3 Å². The van der Waals surface area contributed by atoms with Gasteiger partial charge in [-0.25, -0.2) is 15.0 Å². The number of rotatable bonds is 4. The summed E-state index contributed by atoms with van der Waals surface area (Å²) < 4.78 is 1.61. The van der Waals surface area contributed by atoms with Gasteiger partial charge in [0, 0.05) is 12.7 Å². The Hall–Kier alpha value is -3.81. The zero-order chi connectivity index (χ0) is 18.1. The van der Waals surface area contributed by atoms with Crippen LogP contribution in [0.5, 0.6) is 0 Å². The molecule has 0 fully saturated rings. The first kappa shape index (κ1) is 15.7. The highest BCUT2D eigenvalue weighted by atomic mass is 16.6. The molecule has 26 heavy (non-hydrogen) atoms. The van der Waals surface area contributed by atoms with Crippen LogP contribution in [0.3, 0.4) is 0 Å². The number of para-hydroxylation sites is 3.